The molecular formula is C20H25N3O2. The maximum absolute atomic E-state index is 12.0. The third-order valence-electron chi connectivity index (χ3n) is 3.80. The number of urea groups is 1. The summed E-state index contributed by atoms with van der Waals surface area (Å²) in [5, 5.41) is 8.25. The van der Waals surface area contributed by atoms with Gasteiger partial charge in [0, 0.05) is 6.54 Å². The molecule has 0 radical (unpaired) electrons. The van der Waals surface area contributed by atoms with Gasteiger partial charge in [0.1, 0.15) is 0 Å². The van der Waals surface area contributed by atoms with E-state index in [9.17, 15) is 9.59 Å². The molecule has 3 N–H and O–H groups in total. The molecule has 25 heavy (non-hydrogen) atoms. The highest BCUT2D eigenvalue weighted by Gasteiger charge is 2.15. The maximum Gasteiger partial charge on any atom is 0.321 e. The molecule has 0 spiro atoms. The van der Waals surface area contributed by atoms with Gasteiger partial charge in [-0.25, -0.2) is 4.79 Å². The Morgan fingerprint density at radius 1 is 0.920 bits per heavy atom. The van der Waals surface area contributed by atoms with Crippen molar-refractivity contribution in [3.8, 4) is 0 Å². The molecule has 2 aromatic rings. The van der Waals surface area contributed by atoms with Gasteiger partial charge < -0.3 is 5.32 Å². The van der Waals surface area contributed by atoms with E-state index < -0.39 is 6.03 Å². The molecule has 0 heterocycles. The largest absolute Gasteiger partial charge is 0.338 e. The van der Waals surface area contributed by atoms with E-state index in [0.29, 0.717) is 6.54 Å². The summed E-state index contributed by atoms with van der Waals surface area (Å²) >= 11 is 0. The zero-order valence-electron chi connectivity index (χ0n) is 14.5. The van der Waals surface area contributed by atoms with Crippen LogP contribution in [-0.4, -0.2) is 25.0 Å². The average molecular weight is 339 g/mol. The SMILES string of the molecule is CCCCNC(=O)NC(=O)CNC(c1ccccc1)c1ccccc1. The summed E-state index contributed by atoms with van der Waals surface area (Å²) in [5.74, 6) is -0.356. The fourth-order valence-electron chi connectivity index (χ4n) is 2.51. The normalized spacial score (nSPS) is 10.5. The molecule has 5 nitrogen and oxygen atoms in total. The Balaban J connectivity index is 1.94. The van der Waals surface area contributed by atoms with Crippen LogP contribution in [0.15, 0.2) is 60.7 Å². The standard InChI is InChI=1S/C20H25N3O2/c1-2-3-14-21-20(25)23-18(24)15-22-19(16-10-6-4-7-11-16)17-12-8-5-9-13-17/h4-13,19,22H,2-3,14-15H2,1H3,(H2,21,23,24,25). The van der Waals surface area contributed by atoms with Crippen molar-refractivity contribution in [2.24, 2.45) is 0 Å². The van der Waals surface area contributed by atoms with Crippen LogP contribution in [0.4, 0.5) is 4.79 Å². The zero-order valence-corrected chi connectivity index (χ0v) is 14.5. The van der Waals surface area contributed by atoms with E-state index in [0.717, 1.165) is 24.0 Å². The van der Waals surface area contributed by atoms with Gasteiger partial charge in [0.05, 0.1) is 12.6 Å². The molecule has 0 bridgehead atoms. The molecule has 0 fully saturated rings. The topological polar surface area (TPSA) is 70.2 Å². The molecule has 0 saturated carbocycles. The van der Waals surface area contributed by atoms with Gasteiger partial charge in [0.25, 0.3) is 0 Å². The molecule has 0 aliphatic carbocycles. The molecule has 0 unspecified atom stereocenters. The molecule has 0 atom stereocenters. The summed E-state index contributed by atoms with van der Waals surface area (Å²) in [6.45, 7) is 2.66. The van der Waals surface area contributed by atoms with Crippen molar-refractivity contribution in [3.63, 3.8) is 0 Å². The molecule has 0 aliphatic heterocycles. The molecule has 0 aliphatic rings. The Morgan fingerprint density at radius 3 is 2.00 bits per heavy atom. The van der Waals surface area contributed by atoms with E-state index in [-0.39, 0.29) is 18.5 Å². The molecule has 0 aromatic heterocycles. The lowest BCUT2D eigenvalue weighted by molar-refractivity contribution is -0.119. The fraction of sp³-hybridized carbons (Fsp3) is 0.300. The van der Waals surface area contributed by atoms with Crippen molar-refractivity contribution in [1.29, 1.82) is 0 Å². The Bertz CT molecular complexity index is 620. The Morgan fingerprint density at radius 2 is 1.48 bits per heavy atom. The molecule has 2 aromatic carbocycles. The first-order chi connectivity index (χ1) is 12.2. The summed E-state index contributed by atoms with van der Waals surface area (Å²) in [6, 6.07) is 19.3. The number of carbonyl (C=O) groups is 2. The number of amides is 3. The number of hydrogen-bond acceptors (Lipinski definition) is 3. The zero-order chi connectivity index (χ0) is 17.9. The molecule has 132 valence electrons. The summed E-state index contributed by atoms with van der Waals surface area (Å²) in [4.78, 5) is 23.7. The summed E-state index contributed by atoms with van der Waals surface area (Å²) in [5.41, 5.74) is 2.13. The van der Waals surface area contributed by atoms with Crippen molar-refractivity contribution in [2.45, 2.75) is 25.8 Å². The van der Waals surface area contributed by atoms with Crippen LogP contribution in [0.1, 0.15) is 36.9 Å². The minimum atomic E-state index is -0.448. The number of benzene rings is 2. The van der Waals surface area contributed by atoms with Gasteiger partial charge in [-0.2, -0.15) is 0 Å². The first-order valence-corrected chi connectivity index (χ1v) is 8.61. The van der Waals surface area contributed by atoms with Crippen LogP contribution in [0, 0.1) is 0 Å². The van der Waals surface area contributed by atoms with Crippen molar-refractivity contribution < 1.29 is 9.59 Å². The molecule has 0 saturated heterocycles. The minimum absolute atomic E-state index is 0.0512. The Hall–Kier alpha value is -2.66. The second-order valence-corrected chi connectivity index (χ2v) is 5.79. The predicted molar refractivity (Wildman–Crippen MR) is 99.2 cm³/mol. The van der Waals surface area contributed by atoms with Gasteiger partial charge in [-0.1, -0.05) is 74.0 Å². The van der Waals surface area contributed by atoms with E-state index >= 15 is 0 Å². The second kappa shape index (κ2) is 10.3. The van der Waals surface area contributed by atoms with Crippen LogP contribution < -0.4 is 16.0 Å². The Labute approximate surface area is 148 Å². The average Bonchev–Trinajstić information content (AvgIpc) is 2.64. The van der Waals surface area contributed by atoms with Gasteiger partial charge in [-0.15, -0.1) is 0 Å². The van der Waals surface area contributed by atoms with Gasteiger partial charge in [0.2, 0.25) is 5.91 Å². The van der Waals surface area contributed by atoms with Crippen molar-refractivity contribution >= 4 is 11.9 Å². The number of rotatable bonds is 8. The highest BCUT2D eigenvalue weighted by molar-refractivity contribution is 5.95. The van der Waals surface area contributed by atoms with E-state index in [1.54, 1.807) is 0 Å². The fourth-order valence-corrected chi connectivity index (χ4v) is 2.51. The molecule has 5 heteroatoms. The summed E-state index contributed by atoms with van der Waals surface area (Å²) < 4.78 is 0. The van der Waals surface area contributed by atoms with E-state index in [2.05, 4.69) is 16.0 Å². The van der Waals surface area contributed by atoms with E-state index in [4.69, 9.17) is 0 Å². The first-order valence-electron chi connectivity index (χ1n) is 8.61. The third kappa shape index (κ3) is 6.39. The maximum atomic E-state index is 12.0. The second-order valence-electron chi connectivity index (χ2n) is 5.79. The lowest BCUT2D eigenvalue weighted by Gasteiger charge is -2.19. The molecular weight excluding hydrogens is 314 g/mol. The van der Waals surface area contributed by atoms with E-state index in [1.807, 2.05) is 67.6 Å². The quantitative estimate of drug-likeness (QED) is 0.648. The van der Waals surface area contributed by atoms with Crippen LogP contribution in [0.2, 0.25) is 0 Å². The van der Waals surface area contributed by atoms with Crippen LogP contribution in [0.5, 0.6) is 0 Å². The number of carbonyl (C=O) groups excluding carboxylic acids is 2. The Kier molecular flexibility index (Phi) is 7.66. The van der Waals surface area contributed by atoms with E-state index in [1.165, 1.54) is 0 Å². The van der Waals surface area contributed by atoms with Crippen molar-refractivity contribution in [2.75, 3.05) is 13.1 Å². The summed E-state index contributed by atoms with van der Waals surface area (Å²) in [7, 11) is 0. The molecule has 2 rings (SSSR count). The van der Waals surface area contributed by atoms with Gasteiger partial charge in [0.15, 0.2) is 0 Å². The smallest absolute Gasteiger partial charge is 0.321 e. The number of nitrogens with one attached hydrogen (secondary N) is 3. The molecule has 3 amide bonds. The predicted octanol–water partition coefficient (Wildman–Crippen LogP) is 2.99. The highest BCUT2D eigenvalue weighted by atomic mass is 16.2. The number of hydrogen-bond donors (Lipinski definition) is 3. The van der Waals surface area contributed by atoms with Crippen LogP contribution >= 0.6 is 0 Å². The highest BCUT2D eigenvalue weighted by Crippen LogP contribution is 2.21. The lowest BCUT2D eigenvalue weighted by Crippen LogP contribution is -2.44. The third-order valence-corrected chi connectivity index (χ3v) is 3.80. The van der Waals surface area contributed by atoms with Crippen LogP contribution in [-0.2, 0) is 4.79 Å². The lowest BCUT2D eigenvalue weighted by atomic mass is 9.99. The van der Waals surface area contributed by atoms with Gasteiger partial charge in [-0.3, -0.25) is 15.4 Å². The first kappa shape index (κ1) is 18.7. The summed E-state index contributed by atoms with van der Waals surface area (Å²) in [6.07, 6.45) is 1.88. The van der Waals surface area contributed by atoms with Gasteiger partial charge in [-0.05, 0) is 17.5 Å². The van der Waals surface area contributed by atoms with Crippen LogP contribution in [0.3, 0.4) is 0 Å². The van der Waals surface area contributed by atoms with Crippen molar-refractivity contribution in [3.05, 3.63) is 71.8 Å². The number of unbranched alkanes of at least 4 members (excludes halogenated alkanes) is 1. The van der Waals surface area contributed by atoms with Gasteiger partial charge >= 0.3 is 6.03 Å². The minimum Gasteiger partial charge on any atom is -0.338 e. The van der Waals surface area contributed by atoms with Crippen molar-refractivity contribution in [1.82, 2.24) is 16.0 Å². The van der Waals surface area contributed by atoms with Crippen LogP contribution in [0.25, 0.3) is 0 Å². The monoisotopic (exact) mass is 339 g/mol. The number of imide groups is 1.